The van der Waals surface area contributed by atoms with E-state index >= 15 is 0 Å². The van der Waals surface area contributed by atoms with Crippen LogP contribution in [0.4, 0.5) is 0 Å². The lowest BCUT2D eigenvalue weighted by Crippen LogP contribution is -2.31. The molecule has 0 unspecified atom stereocenters. The highest BCUT2D eigenvalue weighted by Crippen LogP contribution is 2.42. The molecule has 28 heavy (non-hydrogen) atoms. The van der Waals surface area contributed by atoms with Crippen LogP contribution in [-0.4, -0.2) is 10.8 Å². The monoisotopic (exact) mass is 425 g/mol. The standard InChI is InChI=1S/C23H25N2S3/c1-14-12-19(16(3)27-14)21-22(20-13-15(2)28-17(20)4)25(23(26-6)24(21)5)18-10-8-7-9-11-18/h7-13H,1-6H3/q+1. The van der Waals surface area contributed by atoms with E-state index < -0.39 is 0 Å². The van der Waals surface area contributed by atoms with Crippen LogP contribution in [0.3, 0.4) is 0 Å². The zero-order valence-electron chi connectivity index (χ0n) is 17.2. The molecule has 4 rings (SSSR count). The molecule has 3 aromatic heterocycles. The predicted octanol–water partition coefficient (Wildman–Crippen LogP) is 6.71. The van der Waals surface area contributed by atoms with Crippen LogP contribution >= 0.6 is 34.4 Å². The topological polar surface area (TPSA) is 8.81 Å². The Hall–Kier alpha value is -1.82. The van der Waals surface area contributed by atoms with Gasteiger partial charge in [-0.1, -0.05) is 18.2 Å². The molecule has 4 aromatic rings. The molecule has 0 aliphatic carbocycles. The van der Waals surface area contributed by atoms with Gasteiger partial charge in [0.2, 0.25) is 0 Å². The minimum absolute atomic E-state index is 1.21. The smallest absolute Gasteiger partial charge is 0.219 e. The summed E-state index contributed by atoms with van der Waals surface area (Å²) in [6.45, 7) is 8.88. The molecule has 0 bridgehead atoms. The molecule has 0 radical (unpaired) electrons. The van der Waals surface area contributed by atoms with Gasteiger partial charge in [-0.2, -0.15) is 4.57 Å². The molecule has 0 fully saturated rings. The fraction of sp³-hybridized carbons (Fsp3) is 0.261. The van der Waals surface area contributed by atoms with Gasteiger partial charge < -0.3 is 0 Å². The number of aryl methyl sites for hydroxylation is 4. The number of aromatic nitrogens is 2. The van der Waals surface area contributed by atoms with E-state index in [1.54, 1.807) is 11.8 Å². The lowest BCUT2D eigenvalue weighted by atomic mass is 10.0. The molecule has 0 saturated heterocycles. The van der Waals surface area contributed by atoms with Gasteiger partial charge in [-0.25, -0.2) is 4.57 Å². The highest BCUT2D eigenvalue weighted by molar-refractivity contribution is 7.98. The number of thiophene rings is 2. The number of imidazole rings is 1. The van der Waals surface area contributed by atoms with Crippen LogP contribution in [0.2, 0.25) is 0 Å². The largest absolute Gasteiger partial charge is 0.323 e. The molecule has 0 amide bonds. The second-order valence-corrected chi connectivity index (χ2v) is 10.8. The van der Waals surface area contributed by atoms with Crippen LogP contribution in [-0.2, 0) is 7.05 Å². The Morgan fingerprint density at radius 2 is 1.43 bits per heavy atom. The molecule has 144 valence electrons. The van der Waals surface area contributed by atoms with Gasteiger partial charge in [0.05, 0.1) is 7.05 Å². The quantitative estimate of drug-likeness (QED) is 0.260. The Balaban J connectivity index is 2.16. The van der Waals surface area contributed by atoms with Crippen molar-refractivity contribution in [2.24, 2.45) is 7.05 Å². The van der Waals surface area contributed by atoms with Gasteiger partial charge in [-0.05, 0) is 70.0 Å². The Morgan fingerprint density at radius 3 is 1.93 bits per heavy atom. The Morgan fingerprint density at radius 1 is 0.857 bits per heavy atom. The van der Waals surface area contributed by atoms with Crippen molar-refractivity contribution in [3.63, 3.8) is 0 Å². The first-order valence-electron chi connectivity index (χ1n) is 9.31. The number of nitrogens with zero attached hydrogens (tertiary/aromatic N) is 2. The molecule has 1 aromatic carbocycles. The summed E-state index contributed by atoms with van der Waals surface area (Å²) in [6, 6.07) is 15.4. The molecule has 5 heteroatoms. The minimum Gasteiger partial charge on any atom is -0.219 e. The third-order valence-electron chi connectivity index (χ3n) is 5.05. The number of hydrogen-bond donors (Lipinski definition) is 0. The lowest BCUT2D eigenvalue weighted by Gasteiger charge is -2.05. The van der Waals surface area contributed by atoms with Crippen molar-refractivity contribution in [1.29, 1.82) is 0 Å². The predicted molar refractivity (Wildman–Crippen MR) is 124 cm³/mol. The van der Waals surface area contributed by atoms with Gasteiger partial charge in [-0.15, -0.1) is 22.7 Å². The van der Waals surface area contributed by atoms with Crippen LogP contribution in [0.5, 0.6) is 0 Å². The summed E-state index contributed by atoms with van der Waals surface area (Å²) in [5.41, 5.74) is 6.47. The number of para-hydroxylation sites is 1. The number of benzene rings is 1. The van der Waals surface area contributed by atoms with Gasteiger partial charge in [0.15, 0.2) is 11.4 Å². The van der Waals surface area contributed by atoms with Crippen molar-refractivity contribution in [2.45, 2.75) is 32.9 Å². The van der Waals surface area contributed by atoms with Crippen LogP contribution < -0.4 is 4.57 Å². The summed E-state index contributed by atoms with van der Waals surface area (Å²) >= 11 is 5.55. The minimum atomic E-state index is 1.21. The van der Waals surface area contributed by atoms with E-state index in [0.29, 0.717) is 0 Å². The first-order valence-corrected chi connectivity index (χ1v) is 12.2. The average Bonchev–Trinajstić information content (AvgIpc) is 3.27. The van der Waals surface area contributed by atoms with Gasteiger partial charge in [0.1, 0.15) is 5.69 Å². The second kappa shape index (κ2) is 7.54. The molecular formula is C23H25N2S3+. The summed E-state index contributed by atoms with van der Waals surface area (Å²) in [5.74, 6) is 0. The third-order valence-corrected chi connectivity index (χ3v) is 7.80. The maximum Gasteiger partial charge on any atom is 0.323 e. The molecule has 3 heterocycles. The van der Waals surface area contributed by atoms with Crippen LogP contribution in [0, 0.1) is 27.7 Å². The highest BCUT2D eigenvalue weighted by atomic mass is 32.2. The lowest BCUT2D eigenvalue weighted by molar-refractivity contribution is -0.698. The summed E-state index contributed by atoms with van der Waals surface area (Å²) in [7, 11) is 2.20. The highest BCUT2D eigenvalue weighted by Gasteiger charge is 2.34. The molecule has 0 aliphatic rings. The van der Waals surface area contributed by atoms with Gasteiger partial charge >= 0.3 is 5.16 Å². The Labute approximate surface area is 179 Å². The molecule has 0 atom stereocenters. The number of hydrogen-bond acceptors (Lipinski definition) is 3. The maximum absolute atomic E-state index is 2.43. The van der Waals surface area contributed by atoms with E-state index in [0.717, 1.165) is 0 Å². The molecule has 0 saturated carbocycles. The average molecular weight is 426 g/mol. The summed E-state index contributed by atoms with van der Waals surface area (Å²) in [5, 5.41) is 1.24. The van der Waals surface area contributed by atoms with Crippen molar-refractivity contribution in [2.75, 3.05) is 6.26 Å². The molecule has 0 N–H and O–H groups in total. The van der Waals surface area contributed by atoms with Gasteiger partial charge in [0.25, 0.3) is 0 Å². The van der Waals surface area contributed by atoms with E-state index in [2.05, 4.69) is 92.6 Å². The van der Waals surface area contributed by atoms with E-state index in [1.807, 2.05) is 22.7 Å². The van der Waals surface area contributed by atoms with Crippen molar-refractivity contribution in [3.8, 4) is 28.2 Å². The van der Waals surface area contributed by atoms with E-state index in [-0.39, 0.29) is 0 Å². The van der Waals surface area contributed by atoms with Crippen molar-refractivity contribution >= 4 is 34.4 Å². The van der Waals surface area contributed by atoms with Crippen molar-refractivity contribution in [1.82, 2.24) is 4.57 Å². The fourth-order valence-electron chi connectivity index (χ4n) is 3.94. The summed E-state index contributed by atoms with van der Waals surface area (Å²) < 4.78 is 4.80. The van der Waals surface area contributed by atoms with Crippen molar-refractivity contribution < 1.29 is 4.57 Å². The molecule has 2 nitrogen and oxygen atoms in total. The summed E-state index contributed by atoms with van der Waals surface area (Å²) in [4.78, 5) is 5.45. The SMILES string of the molecule is CSc1n(-c2ccccc2)c(-c2cc(C)sc2C)c(-c2cc(C)sc2C)[n+]1C. The van der Waals surface area contributed by atoms with E-state index in [1.165, 1.54) is 52.9 Å². The summed E-state index contributed by atoms with van der Waals surface area (Å²) in [6.07, 6.45) is 2.17. The first-order chi connectivity index (χ1) is 13.4. The van der Waals surface area contributed by atoms with Crippen LogP contribution in [0.1, 0.15) is 19.5 Å². The Bertz CT molecular complexity index is 1150. The molecule has 0 spiro atoms. The van der Waals surface area contributed by atoms with Gasteiger partial charge in [0, 0.05) is 30.6 Å². The number of rotatable bonds is 4. The normalized spacial score (nSPS) is 11.4. The van der Waals surface area contributed by atoms with E-state index in [9.17, 15) is 0 Å². The maximum atomic E-state index is 2.43. The Kier molecular flexibility index (Phi) is 5.25. The van der Waals surface area contributed by atoms with E-state index in [4.69, 9.17) is 0 Å². The zero-order chi connectivity index (χ0) is 20.0. The molecular weight excluding hydrogens is 400 g/mol. The first kappa shape index (κ1) is 19.5. The number of thioether (sulfide) groups is 1. The third kappa shape index (κ3) is 3.15. The van der Waals surface area contributed by atoms with Gasteiger partial charge in [-0.3, -0.25) is 0 Å². The van der Waals surface area contributed by atoms with Crippen molar-refractivity contribution in [3.05, 3.63) is 62.0 Å². The zero-order valence-corrected chi connectivity index (χ0v) is 19.6. The molecule has 0 aliphatic heterocycles. The van der Waals surface area contributed by atoms with Crippen LogP contribution in [0.15, 0.2) is 47.6 Å². The second-order valence-electron chi connectivity index (χ2n) is 7.07. The fourth-order valence-corrected chi connectivity index (χ4v) is 6.53. The van der Waals surface area contributed by atoms with Crippen LogP contribution in [0.25, 0.3) is 28.2 Å².